The number of benzene rings is 1. The van der Waals surface area contributed by atoms with Crippen LogP contribution in [-0.4, -0.2) is 30.7 Å². The highest BCUT2D eigenvalue weighted by atomic mass is 32.1. The maximum atomic E-state index is 12.3. The van der Waals surface area contributed by atoms with Gasteiger partial charge in [-0.1, -0.05) is 0 Å². The van der Waals surface area contributed by atoms with Crippen LogP contribution in [0.4, 0.5) is 32.0 Å². The van der Waals surface area contributed by atoms with Crippen LogP contribution in [0.25, 0.3) is 0 Å². The molecule has 0 bridgehead atoms. The number of thiocarbonyl (C=S) groups is 1. The van der Waals surface area contributed by atoms with Crippen LogP contribution in [0.2, 0.25) is 0 Å². The molecule has 0 amide bonds. The SMILES string of the molecule is FC(F)(F)COc1cc(NC(=S)NCc2ccco2)cc(OCC(F)(F)F)c1. The maximum Gasteiger partial charge on any atom is 0.422 e. The lowest BCUT2D eigenvalue weighted by Crippen LogP contribution is -2.27. The summed E-state index contributed by atoms with van der Waals surface area (Å²) in [5.74, 6) is -0.109. The van der Waals surface area contributed by atoms with Crippen LogP contribution in [0.1, 0.15) is 5.76 Å². The van der Waals surface area contributed by atoms with E-state index in [1.165, 1.54) is 6.26 Å². The molecule has 0 spiro atoms. The molecule has 0 atom stereocenters. The van der Waals surface area contributed by atoms with E-state index < -0.39 is 25.6 Å². The molecule has 2 N–H and O–H groups in total. The average molecular weight is 428 g/mol. The van der Waals surface area contributed by atoms with E-state index in [0.717, 1.165) is 18.2 Å². The lowest BCUT2D eigenvalue weighted by atomic mass is 10.2. The Morgan fingerprint density at radius 2 is 1.54 bits per heavy atom. The van der Waals surface area contributed by atoms with Crippen molar-refractivity contribution in [3.05, 3.63) is 42.4 Å². The summed E-state index contributed by atoms with van der Waals surface area (Å²) in [6, 6.07) is 6.56. The van der Waals surface area contributed by atoms with Crippen LogP contribution >= 0.6 is 12.2 Å². The zero-order valence-electron chi connectivity index (χ0n) is 14.0. The van der Waals surface area contributed by atoms with E-state index in [1.807, 2.05) is 0 Å². The summed E-state index contributed by atoms with van der Waals surface area (Å²) in [6.45, 7) is -3.01. The van der Waals surface area contributed by atoms with Crippen molar-refractivity contribution in [1.82, 2.24) is 5.32 Å². The smallest absolute Gasteiger partial charge is 0.422 e. The van der Waals surface area contributed by atoms with Gasteiger partial charge in [0.2, 0.25) is 0 Å². The Bertz CT molecular complexity index is 741. The number of nitrogens with one attached hydrogen (secondary N) is 2. The molecule has 0 saturated carbocycles. The topological polar surface area (TPSA) is 55.7 Å². The van der Waals surface area contributed by atoms with Gasteiger partial charge < -0.3 is 24.5 Å². The Hall–Kier alpha value is -2.63. The first kappa shape index (κ1) is 21.7. The van der Waals surface area contributed by atoms with Crippen molar-refractivity contribution in [1.29, 1.82) is 0 Å². The van der Waals surface area contributed by atoms with Crippen molar-refractivity contribution >= 4 is 23.0 Å². The fraction of sp³-hybridized carbons (Fsp3) is 0.312. The molecule has 0 saturated heterocycles. The van der Waals surface area contributed by atoms with Gasteiger partial charge in [0.05, 0.1) is 12.8 Å². The first-order chi connectivity index (χ1) is 13.0. The van der Waals surface area contributed by atoms with E-state index in [4.69, 9.17) is 16.6 Å². The van der Waals surface area contributed by atoms with Crippen molar-refractivity contribution in [2.24, 2.45) is 0 Å². The Morgan fingerprint density at radius 1 is 0.964 bits per heavy atom. The van der Waals surface area contributed by atoms with E-state index in [0.29, 0.717) is 5.76 Å². The van der Waals surface area contributed by atoms with Gasteiger partial charge >= 0.3 is 12.4 Å². The minimum absolute atomic E-state index is 0.0612. The summed E-state index contributed by atoms with van der Waals surface area (Å²) >= 11 is 5.04. The summed E-state index contributed by atoms with van der Waals surface area (Å²) in [6.07, 6.45) is -7.77. The van der Waals surface area contributed by atoms with E-state index in [-0.39, 0.29) is 28.8 Å². The third-order valence-corrected chi connectivity index (χ3v) is 3.19. The molecule has 0 unspecified atom stereocenters. The first-order valence-electron chi connectivity index (χ1n) is 7.62. The molecule has 1 heterocycles. The van der Waals surface area contributed by atoms with Crippen LogP contribution in [0.3, 0.4) is 0 Å². The standard InChI is InChI=1S/C16H14F6N2O3S/c17-15(18,19)8-26-12-4-10(5-13(6-12)27-9-16(20,21)22)24-14(28)23-7-11-2-1-3-25-11/h1-6H,7-9H2,(H2,23,24,28). The van der Waals surface area contributed by atoms with E-state index in [2.05, 4.69) is 20.1 Å². The van der Waals surface area contributed by atoms with Gasteiger partial charge in [-0.2, -0.15) is 26.3 Å². The van der Waals surface area contributed by atoms with Gasteiger partial charge in [-0.3, -0.25) is 0 Å². The van der Waals surface area contributed by atoms with Gasteiger partial charge in [-0.05, 0) is 24.4 Å². The predicted octanol–water partition coefficient (Wildman–Crippen LogP) is 4.65. The molecule has 2 rings (SSSR count). The molecular weight excluding hydrogens is 414 g/mol. The third kappa shape index (κ3) is 8.37. The molecule has 28 heavy (non-hydrogen) atoms. The maximum absolute atomic E-state index is 12.3. The Morgan fingerprint density at radius 3 is 2.00 bits per heavy atom. The number of hydrogen-bond donors (Lipinski definition) is 2. The molecule has 0 aliphatic carbocycles. The van der Waals surface area contributed by atoms with Crippen molar-refractivity contribution < 1.29 is 40.2 Å². The zero-order chi connectivity index (χ0) is 20.8. The van der Waals surface area contributed by atoms with Crippen molar-refractivity contribution in [2.45, 2.75) is 18.9 Å². The molecule has 5 nitrogen and oxygen atoms in total. The highest BCUT2D eigenvalue weighted by Crippen LogP contribution is 2.29. The Kier molecular flexibility index (Phi) is 7.00. The second-order valence-electron chi connectivity index (χ2n) is 5.39. The van der Waals surface area contributed by atoms with Gasteiger partial charge in [0.25, 0.3) is 0 Å². The fourth-order valence-electron chi connectivity index (χ4n) is 1.90. The van der Waals surface area contributed by atoms with Gasteiger partial charge in [0.15, 0.2) is 18.3 Å². The van der Waals surface area contributed by atoms with Crippen LogP contribution < -0.4 is 20.1 Å². The largest absolute Gasteiger partial charge is 0.484 e. The monoisotopic (exact) mass is 428 g/mol. The highest BCUT2D eigenvalue weighted by molar-refractivity contribution is 7.80. The Balaban J connectivity index is 2.07. The number of furan rings is 1. The molecular formula is C16H14F6N2O3S. The number of alkyl halides is 6. The van der Waals surface area contributed by atoms with Crippen molar-refractivity contribution in [2.75, 3.05) is 18.5 Å². The lowest BCUT2D eigenvalue weighted by molar-refractivity contribution is -0.153. The normalized spacial score (nSPS) is 11.8. The minimum atomic E-state index is -4.61. The lowest BCUT2D eigenvalue weighted by Gasteiger charge is -2.16. The summed E-state index contributed by atoms with van der Waals surface area (Å²) in [5, 5.41) is 5.47. The first-order valence-corrected chi connectivity index (χ1v) is 8.02. The number of ether oxygens (including phenoxy) is 2. The predicted molar refractivity (Wildman–Crippen MR) is 91.3 cm³/mol. The number of hydrogen-bond acceptors (Lipinski definition) is 4. The number of halogens is 6. The summed E-state index contributed by atoms with van der Waals surface area (Å²) in [7, 11) is 0. The molecule has 12 heteroatoms. The summed E-state index contributed by atoms with van der Waals surface area (Å²) in [5.41, 5.74) is 0.0776. The Labute approximate surface area is 160 Å². The van der Waals surface area contributed by atoms with E-state index >= 15 is 0 Å². The van der Waals surface area contributed by atoms with Crippen molar-refractivity contribution in [3.63, 3.8) is 0 Å². The molecule has 0 aliphatic heterocycles. The average Bonchev–Trinajstić information content (AvgIpc) is 3.09. The molecule has 1 aromatic heterocycles. The van der Waals surface area contributed by atoms with E-state index in [9.17, 15) is 26.3 Å². The highest BCUT2D eigenvalue weighted by Gasteiger charge is 2.30. The third-order valence-electron chi connectivity index (χ3n) is 2.95. The van der Waals surface area contributed by atoms with Gasteiger partial charge in [0.1, 0.15) is 17.3 Å². The molecule has 0 fully saturated rings. The summed E-state index contributed by atoms with van der Waals surface area (Å²) in [4.78, 5) is 0. The zero-order valence-corrected chi connectivity index (χ0v) is 14.8. The van der Waals surface area contributed by atoms with Crippen molar-refractivity contribution in [3.8, 4) is 11.5 Å². The fourth-order valence-corrected chi connectivity index (χ4v) is 2.09. The summed E-state index contributed by atoms with van der Waals surface area (Å²) < 4.78 is 88.2. The quantitative estimate of drug-likeness (QED) is 0.495. The van der Waals surface area contributed by atoms with Crippen LogP contribution in [0.5, 0.6) is 11.5 Å². The second-order valence-corrected chi connectivity index (χ2v) is 5.80. The van der Waals surface area contributed by atoms with Gasteiger partial charge in [0, 0.05) is 23.9 Å². The molecule has 1 aromatic carbocycles. The number of rotatable bonds is 7. The molecule has 154 valence electrons. The molecule has 0 aliphatic rings. The van der Waals surface area contributed by atoms with Crippen LogP contribution in [0.15, 0.2) is 41.0 Å². The van der Waals surface area contributed by atoms with Gasteiger partial charge in [-0.25, -0.2) is 0 Å². The van der Waals surface area contributed by atoms with Crippen LogP contribution in [-0.2, 0) is 6.54 Å². The molecule has 2 aromatic rings. The van der Waals surface area contributed by atoms with E-state index in [1.54, 1.807) is 12.1 Å². The second kappa shape index (κ2) is 9.04. The number of anilines is 1. The van der Waals surface area contributed by atoms with Crippen LogP contribution in [0, 0.1) is 0 Å². The molecule has 0 radical (unpaired) electrons. The van der Waals surface area contributed by atoms with Gasteiger partial charge in [-0.15, -0.1) is 0 Å². The minimum Gasteiger partial charge on any atom is -0.484 e.